The normalized spacial score (nSPS) is 19.3. The second-order valence-corrected chi connectivity index (χ2v) is 5.26. The van der Waals surface area contributed by atoms with Gasteiger partial charge in [0.1, 0.15) is 11.1 Å². The van der Waals surface area contributed by atoms with Crippen molar-refractivity contribution >= 4 is 10.9 Å². The molecule has 1 aliphatic heterocycles. The largest absolute Gasteiger partial charge is 0.507 e. The molecule has 1 aromatic heterocycles. The minimum absolute atomic E-state index is 0.0979. The SMILES string of the molecule is O=c1[nH]c2cccc(O)c2c(=O)n1CC1CCCNC1. The summed E-state index contributed by atoms with van der Waals surface area (Å²) in [6.45, 7) is 2.18. The first kappa shape index (κ1) is 12.9. The van der Waals surface area contributed by atoms with Gasteiger partial charge in [0.25, 0.3) is 5.56 Å². The minimum atomic E-state index is -0.424. The van der Waals surface area contributed by atoms with Crippen molar-refractivity contribution in [2.24, 2.45) is 5.92 Å². The monoisotopic (exact) mass is 275 g/mol. The molecule has 1 unspecified atom stereocenters. The Bertz CT molecular complexity index is 741. The number of phenols is 1. The molecule has 20 heavy (non-hydrogen) atoms. The standard InChI is InChI=1S/C14H17N3O3/c18-11-5-1-4-10-12(11)13(19)17(14(20)16-10)8-9-3-2-6-15-7-9/h1,4-5,9,15,18H,2-3,6-8H2,(H,16,20). The van der Waals surface area contributed by atoms with Gasteiger partial charge in [-0.15, -0.1) is 0 Å². The molecule has 1 saturated heterocycles. The number of H-pyrrole nitrogens is 1. The number of benzene rings is 1. The number of rotatable bonds is 2. The molecule has 6 heteroatoms. The molecule has 1 fully saturated rings. The zero-order chi connectivity index (χ0) is 14.1. The summed E-state index contributed by atoms with van der Waals surface area (Å²) in [4.78, 5) is 27.1. The van der Waals surface area contributed by atoms with E-state index in [0.717, 1.165) is 25.9 Å². The fourth-order valence-electron chi connectivity index (χ4n) is 2.78. The van der Waals surface area contributed by atoms with Crippen LogP contribution >= 0.6 is 0 Å². The lowest BCUT2D eigenvalue weighted by atomic mass is 10.00. The highest BCUT2D eigenvalue weighted by Crippen LogP contribution is 2.18. The summed E-state index contributed by atoms with van der Waals surface area (Å²) in [6, 6.07) is 4.67. The molecule has 3 N–H and O–H groups in total. The van der Waals surface area contributed by atoms with Crippen LogP contribution in [0.25, 0.3) is 10.9 Å². The Morgan fingerprint density at radius 1 is 1.35 bits per heavy atom. The van der Waals surface area contributed by atoms with Crippen LogP contribution in [0.3, 0.4) is 0 Å². The van der Waals surface area contributed by atoms with E-state index in [1.165, 1.54) is 10.6 Å². The lowest BCUT2D eigenvalue weighted by molar-refractivity contribution is 0.329. The molecule has 1 atom stereocenters. The first-order valence-corrected chi connectivity index (χ1v) is 6.82. The van der Waals surface area contributed by atoms with Crippen LogP contribution in [0, 0.1) is 5.92 Å². The number of aromatic nitrogens is 2. The van der Waals surface area contributed by atoms with Crippen LogP contribution in [0.4, 0.5) is 0 Å². The van der Waals surface area contributed by atoms with E-state index in [9.17, 15) is 14.7 Å². The van der Waals surface area contributed by atoms with Crippen molar-refractivity contribution in [3.8, 4) is 5.75 Å². The smallest absolute Gasteiger partial charge is 0.328 e. The van der Waals surface area contributed by atoms with Gasteiger partial charge in [0, 0.05) is 6.54 Å². The van der Waals surface area contributed by atoms with Crippen LogP contribution in [-0.4, -0.2) is 27.7 Å². The van der Waals surface area contributed by atoms with E-state index in [1.54, 1.807) is 12.1 Å². The maximum absolute atomic E-state index is 12.4. The van der Waals surface area contributed by atoms with Gasteiger partial charge in [-0.05, 0) is 44.0 Å². The second kappa shape index (κ2) is 5.13. The number of piperidine rings is 1. The van der Waals surface area contributed by atoms with Crippen molar-refractivity contribution in [3.05, 3.63) is 39.0 Å². The molecule has 0 bridgehead atoms. The van der Waals surface area contributed by atoms with Gasteiger partial charge in [-0.3, -0.25) is 9.36 Å². The molecule has 6 nitrogen and oxygen atoms in total. The highest BCUT2D eigenvalue weighted by molar-refractivity contribution is 5.83. The van der Waals surface area contributed by atoms with Gasteiger partial charge in [-0.25, -0.2) is 4.79 Å². The molecule has 0 saturated carbocycles. The van der Waals surface area contributed by atoms with Gasteiger partial charge in [0.05, 0.1) is 5.52 Å². The van der Waals surface area contributed by atoms with Gasteiger partial charge in [0.2, 0.25) is 0 Å². The van der Waals surface area contributed by atoms with Crippen molar-refractivity contribution in [3.63, 3.8) is 0 Å². The molecule has 0 aliphatic carbocycles. The maximum Gasteiger partial charge on any atom is 0.328 e. The summed E-state index contributed by atoms with van der Waals surface area (Å²) < 4.78 is 1.19. The van der Waals surface area contributed by atoms with E-state index in [1.807, 2.05) is 0 Å². The van der Waals surface area contributed by atoms with Crippen molar-refractivity contribution in [2.75, 3.05) is 13.1 Å². The Hall–Kier alpha value is -2.08. The fraction of sp³-hybridized carbons (Fsp3) is 0.429. The molecule has 0 amide bonds. The molecular weight excluding hydrogens is 258 g/mol. The van der Waals surface area contributed by atoms with E-state index in [-0.39, 0.29) is 17.1 Å². The quantitative estimate of drug-likeness (QED) is 0.740. The summed E-state index contributed by atoms with van der Waals surface area (Å²) >= 11 is 0. The highest BCUT2D eigenvalue weighted by atomic mass is 16.3. The van der Waals surface area contributed by atoms with Gasteiger partial charge in [-0.2, -0.15) is 0 Å². The van der Waals surface area contributed by atoms with E-state index in [4.69, 9.17) is 0 Å². The van der Waals surface area contributed by atoms with Crippen molar-refractivity contribution in [1.82, 2.24) is 14.9 Å². The number of nitrogens with zero attached hydrogens (tertiary/aromatic N) is 1. The summed E-state index contributed by atoms with van der Waals surface area (Å²) in [7, 11) is 0. The lowest BCUT2D eigenvalue weighted by Crippen LogP contribution is -2.40. The summed E-state index contributed by atoms with van der Waals surface area (Å²) in [5.41, 5.74) is -0.468. The Balaban J connectivity index is 2.08. The predicted octanol–water partition coefficient (Wildman–Crippen LogP) is 0.395. The molecule has 106 valence electrons. The Morgan fingerprint density at radius 3 is 2.95 bits per heavy atom. The first-order valence-electron chi connectivity index (χ1n) is 6.82. The molecule has 1 aromatic carbocycles. The number of aromatic hydroxyl groups is 1. The third-order valence-electron chi connectivity index (χ3n) is 3.83. The zero-order valence-corrected chi connectivity index (χ0v) is 11.1. The molecule has 0 radical (unpaired) electrons. The van der Waals surface area contributed by atoms with Crippen LogP contribution in [0.5, 0.6) is 5.75 Å². The maximum atomic E-state index is 12.4. The number of hydrogen-bond acceptors (Lipinski definition) is 4. The van der Waals surface area contributed by atoms with Crippen LogP contribution in [-0.2, 0) is 6.54 Å². The van der Waals surface area contributed by atoms with Gasteiger partial charge in [0.15, 0.2) is 0 Å². The minimum Gasteiger partial charge on any atom is -0.507 e. The molecule has 2 aromatic rings. The number of hydrogen-bond donors (Lipinski definition) is 3. The van der Waals surface area contributed by atoms with Gasteiger partial charge in [-0.1, -0.05) is 6.07 Å². The average Bonchev–Trinajstić information content (AvgIpc) is 2.44. The van der Waals surface area contributed by atoms with Gasteiger partial charge >= 0.3 is 5.69 Å². The van der Waals surface area contributed by atoms with E-state index in [2.05, 4.69) is 10.3 Å². The van der Waals surface area contributed by atoms with Crippen LogP contribution in [0.15, 0.2) is 27.8 Å². The summed E-state index contributed by atoms with van der Waals surface area (Å²) in [5, 5.41) is 13.3. The third kappa shape index (κ3) is 2.22. The number of aromatic amines is 1. The molecule has 0 spiro atoms. The second-order valence-electron chi connectivity index (χ2n) is 5.26. The van der Waals surface area contributed by atoms with Crippen molar-refractivity contribution in [1.29, 1.82) is 0 Å². The molecule has 1 aliphatic rings. The lowest BCUT2D eigenvalue weighted by Gasteiger charge is -2.23. The fourth-order valence-corrected chi connectivity index (χ4v) is 2.78. The number of fused-ring (bicyclic) bond motifs is 1. The van der Waals surface area contributed by atoms with Crippen LogP contribution < -0.4 is 16.6 Å². The summed E-state index contributed by atoms with van der Waals surface area (Å²) in [5.74, 6) is 0.171. The van der Waals surface area contributed by atoms with Crippen LogP contribution in [0.2, 0.25) is 0 Å². The topological polar surface area (TPSA) is 87.1 Å². The molecule has 2 heterocycles. The Labute approximate surface area is 115 Å². The number of nitrogens with one attached hydrogen (secondary N) is 2. The number of phenolic OH excluding ortho intramolecular Hbond substituents is 1. The summed E-state index contributed by atoms with van der Waals surface area (Å²) in [6.07, 6.45) is 2.05. The van der Waals surface area contributed by atoms with Gasteiger partial charge < -0.3 is 15.4 Å². The third-order valence-corrected chi connectivity index (χ3v) is 3.83. The van der Waals surface area contributed by atoms with E-state index in [0.29, 0.717) is 12.1 Å². The molecule has 3 rings (SSSR count). The first-order chi connectivity index (χ1) is 9.66. The predicted molar refractivity (Wildman–Crippen MR) is 76.1 cm³/mol. The Morgan fingerprint density at radius 2 is 2.20 bits per heavy atom. The zero-order valence-electron chi connectivity index (χ0n) is 11.1. The van der Waals surface area contributed by atoms with Crippen LogP contribution in [0.1, 0.15) is 12.8 Å². The van der Waals surface area contributed by atoms with E-state index >= 15 is 0 Å². The highest BCUT2D eigenvalue weighted by Gasteiger charge is 2.17. The Kier molecular flexibility index (Phi) is 3.31. The van der Waals surface area contributed by atoms with E-state index < -0.39 is 11.2 Å². The van der Waals surface area contributed by atoms with Crippen molar-refractivity contribution in [2.45, 2.75) is 19.4 Å². The average molecular weight is 275 g/mol. The molecular formula is C14H17N3O3. The van der Waals surface area contributed by atoms with Crippen molar-refractivity contribution < 1.29 is 5.11 Å².